The monoisotopic (exact) mass is 110 g/mol. The molecule has 42 valence electrons. The summed E-state index contributed by atoms with van der Waals surface area (Å²) < 4.78 is 0. The number of rotatable bonds is 2. The fourth-order valence-electron chi connectivity index (χ4n) is 0.486. The first kappa shape index (κ1) is 5.03. The topological polar surface area (TPSA) is 45.8 Å². The Balaban J connectivity index is 2.62. The van der Waals surface area contributed by atoms with Crippen molar-refractivity contribution in [2.75, 3.05) is 0 Å². The molecular formula is C5H6N2O. The molecule has 0 fully saturated rings. The van der Waals surface area contributed by atoms with Crippen molar-refractivity contribution in [3.8, 4) is 0 Å². The molecular weight excluding hydrogens is 104 g/mol. The Labute approximate surface area is 46.8 Å². The number of hydrogen-bond acceptors (Lipinski definition) is 2. The van der Waals surface area contributed by atoms with Crippen molar-refractivity contribution in [3.63, 3.8) is 0 Å². The van der Waals surface area contributed by atoms with Crippen LogP contribution in [0.4, 0.5) is 0 Å². The van der Waals surface area contributed by atoms with Crippen LogP contribution in [0, 0.1) is 0 Å². The fourth-order valence-corrected chi connectivity index (χ4v) is 0.486. The maximum absolute atomic E-state index is 9.82. The number of aldehydes is 1. The minimum absolute atomic E-state index is 0.431. The van der Waals surface area contributed by atoms with Crippen molar-refractivity contribution in [3.05, 3.63) is 18.2 Å². The van der Waals surface area contributed by atoms with E-state index >= 15 is 0 Å². The number of nitrogens with zero attached hydrogens (tertiary/aromatic N) is 1. The average molecular weight is 110 g/mol. The molecule has 0 aromatic carbocycles. The summed E-state index contributed by atoms with van der Waals surface area (Å²) in [5.74, 6) is 0. The summed E-state index contributed by atoms with van der Waals surface area (Å²) in [4.78, 5) is 16.3. The molecule has 0 aliphatic rings. The predicted molar refractivity (Wildman–Crippen MR) is 28.4 cm³/mol. The standard InChI is InChI=1S/C5H6N2O/c8-2-1-5-3-6-4-7-5/h2-4H,1H2,(H,6,7). The van der Waals surface area contributed by atoms with Gasteiger partial charge in [-0.3, -0.25) is 0 Å². The van der Waals surface area contributed by atoms with Gasteiger partial charge >= 0.3 is 0 Å². The second kappa shape index (κ2) is 2.26. The fraction of sp³-hybridized carbons (Fsp3) is 0.200. The first-order valence-electron chi connectivity index (χ1n) is 2.34. The lowest BCUT2D eigenvalue weighted by Crippen LogP contribution is -1.82. The molecule has 8 heavy (non-hydrogen) atoms. The highest BCUT2D eigenvalue weighted by Gasteiger charge is 1.87. The third kappa shape index (κ3) is 0.932. The smallest absolute Gasteiger partial charge is 0.125 e. The van der Waals surface area contributed by atoms with Crippen LogP contribution in [0.25, 0.3) is 0 Å². The largest absolute Gasteiger partial charge is 0.348 e. The summed E-state index contributed by atoms with van der Waals surface area (Å²) in [6, 6.07) is 0. The van der Waals surface area contributed by atoms with Crippen LogP contribution < -0.4 is 0 Å². The minimum Gasteiger partial charge on any atom is -0.348 e. The number of nitrogens with one attached hydrogen (secondary N) is 1. The molecule has 0 saturated carbocycles. The number of carbonyl (C=O) groups excluding carboxylic acids is 1. The number of carbonyl (C=O) groups is 1. The first-order valence-corrected chi connectivity index (χ1v) is 2.34. The third-order valence-corrected chi connectivity index (χ3v) is 0.858. The van der Waals surface area contributed by atoms with Crippen LogP contribution in [-0.2, 0) is 11.2 Å². The van der Waals surface area contributed by atoms with Crippen molar-refractivity contribution in [2.24, 2.45) is 0 Å². The highest BCUT2D eigenvalue weighted by atomic mass is 16.1. The minimum atomic E-state index is 0.431. The molecule has 0 bridgehead atoms. The highest BCUT2D eigenvalue weighted by molar-refractivity contribution is 5.53. The van der Waals surface area contributed by atoms with Gasteiger partial charge in [-0.1, -0.05) is 0 Å². The highest BCUT2D eigenvalue weighted by Crippen LogP contribution is 1.87. The van der Waals surface area contributed by atoms with Gasteiger partial charge in [0.1, 0.15) is 6.29 Å². The molecule has 0 saturated heterocycles. The van der Waals surface area contributed by atoms with Gasteiger partial charge in [0.25, 0.3) is 0 Å². The molecule has 0 amide bonds. The van der Waals surface area contributed by atoms with Crippen LogP contribution >= 0.6 is 0 Å². The Kier molecular flexibility index (Phi) is 1.42. The Morgan fingerprint density at radius 1 is 1.88 bits per heavy atom. The maximum Gasteiger partial charge on any atom is 0.125 e. The Morgan fingerprint density at radius 3 is 3.25 bits per heavy atom. The second-order valence-electron chi connectivity index (χ2n) is 1.45. The van der Waals surface area contributed by atoms with Gasteiger partial charge in [0.05, 0.1) is 6.33 Å². The summed E-state index contributed by atoms with van der Waals surface area (Å²) in [6.07, 6.45) is 4.46. The van der Waals surface area contributed by atoms with Crippen LogP contribution in [0.2, 0.25) is 0 Å². The van der Waals surface area contributed by atoms with Crippen molar-refractivity contribution < 1.29 is 4.79 Å². The van der Waals surface area contributed by atoms with Gasteiger partial charge in [-0.25, -0.2) is 4.98 Å². The van der Waals surface area contributed by atoms with E-state index in [1.54, 1.807) is 12.5 Å². The molecule has 0 radical (unpaired) electrons. The molecule has 0 atom stereocenters. The van der Waals surface area contributed by atoms with Crippen molar-refractivity contribution in [1.29, 1.82) is 0 Å². The number of hydrogen-bond donors (Lipinski definition) is 1. The van der Waals surface area contributed by atoms with Gasteiger partial charge in [-0.05, 0) is 0 Å². The van der Waals surface area contributed by atoms with E-state index in [-0.39, 0.29) is 0 Å². The van der Waals surface area contributed by atoms with Crippen LogP contribution in [0.3, 0.4) is 0 Å². The Hall–Kier alpha value is -1.12. The molecule has 1 N–H and O–H groups in total. The van der Waals surface area contributed by atoms with Crippen molar-refractivity contribution in [1.82, 2.24) is 9.97 Å². The molecule has 3 heteroatoms. The van der Waals surface area contributed by atoms with Gasteiger partial charge in [-0.15, -0.1) is 0 Å². The first-order chi connectivity index (χ1) is 3.93. The maximum atomic E-state index is 9.82. The van der Waals surface area contributed by atoms with E-state index < -0.39 is 0 Å². The number of imidazole rings is 1. The van der Waals surface area contributed by atoms with Gasteiger partial charge in [0.15, 0.2) is 0 Å². The van der Waals surface area contributed by atoms with Crippen LogP contribution in [0.5, 0.6) is 0 Å². The molecule has 3 nitrogen and oxygen atoms in total. The predicted octanol–water partition coefficient (Wildman–Crippen LogP) is 0.151. The lowest BCUT2D eigenvalue weighted by Gasteiger charge is -1.79. The number of aromatic nitrogens is 2. The van der Waals surface area contributed by atoms with E-state index in [1.807, 2.05) is 0 Å². The summed E-state index contributed by atoms with van der Waals surface area (Å²) in [5.41, 5.74) is 0.861. The Morgan fingerprint density at radius 2 is 2.75 bits per heavy atom. The van der Waals surface area contributed by atoms with E-state index in [4.69, 9.17) is 0 Å². The molecule has 1 rings (SSSR count). The molecule has 0 aliphatic carbocycles. The van der Waals surface area contributed by atoms with E-state index in [0.29, 0.717) is 6.42 Å². The molecule has 1 aromatic rings. The molecule has 0 aliphatic heterocycles. The molecule has 0 unspecified atom stereocenters. The summed E-state index contributed by atoms with van der Waals surface area (Å²) in [6.45, 7) is 0. The van der Waals surface area contributed by atoms with Crippen LogP contribution in [0.15, 0.2) is 12.5 Å². The zero-order valence-corrected chi connectivity index (χ0v) is 4.29. The van der Waals surface area contributed by atoms with E-state index in [1.165, 1.54) is 0 Å². The molecule has 1 heterocycles. The molecule has 1 aromatic heterocycles. The van der Waals surface area contributed by atoms with E-state index in [2.05, 4.69) is 9.97 Å². The van der Waals surface area contributed by atoms with Gasteiger partial charge < -0.3 is 9.78 Å². The van der Waals surface area contributed by atoms with Gasteiger partial charge in [0, 0.05) is 18.3 Å². The second-order valence-corrected chi connectivity index (χ2v) is 1.45. The van der Waals surface area contributed by atoms with Gasteiger partial charge in [0.2, 0.25) is 0 Å². The quantitative estimate of drug-likeness (QED) is 0.551. The van der Waals surface area contributed by atoms with E-state index in [9.17, 15) is 4.79 Å². The van der Waals surface area contributed by atoms with Crippen LogP contribution in [-0.4, -0.2) is 16.3 Å². The zero-order chi connectivity index (χ0) is 5.82. The normalized spacial score (nSPS) is 9.00. The zero-order valence-electron chi connectivity index (χ0n) is 4.29. The molecule has 0 spiro atoms. The number of H-pyrrole nitrogens is 1. The summed E-state index contributed by atoms with van der Waals surface area (Å²) in [5, 5.41) is 0. The Bertz CT molecular complexity index is 157. The lowest BCUT2D eigenvalue weighted by molar-refractivity contribution is -0.107. The van der Waals surface area contributed by atoms with Crippen molar-refractivity contribution in [2.45, 2.75) is 6.42 Å². The third-order valence-electron chi connectivity index (χ3n) is 0.858. The number of aromatic amines is 1. The summed E-state index contributed by atoms with van der Waals surface area (Å²) in [7, 11) is 0. The van der Waals surface area contributed by atoms with E-state index in [0.717, 1.165) is 12.0 Å². The summed E-state index contributed by atoms with van der Waals surface area (Å²) >= 11 is 0. The lowest BCUT2D eigenvalue weighted by atomic mass is 10.4. The van der Waals surface area contributed by atoms with Crippen LogP contribution in [0.1, 0.15) is 5.69 Å². The SMILES string of the molecule is O=CCc1cnc[nH]1. The van der Waals surface area contributed by atoms with Gasteiger partial charge in [-0.2, -0.15) is 0 Å². The average Bonchev–Trinajstić information content (AvgIpc) is 2.19. The van der Waals surface area contributed by atoms with Crippen molar-refractivity contribution >= 4 is 6.29 Å².